The topological polar surface area (TPSA) is 38.7 Å². The van der Waals surface area contributed by atoms with E-state index in [1.165, 1.54) is 5.56 Å². The second kappa shape index (κ2) is 12.4. The van der Waals surface area contributed by atoms with E-state index >= 15 is 0 Å². The summed E-state index contributed by atoms with van der Waals surface area (Å²) in [4.78, 5) is 0. The molecule has 0 heterocycles. The smallest absolute Gasteiger partial charge is 0.192 e. The van der Waals surface area contributed by atoms with Crippen LogP contribution in [-0.2, 0) is 15.8 Å². The molecule has 0 bridgehead atoms. The molecule has 1 N–H and O–H groups in total. The minimum atomic E-state index is -1.66. The van der Waals surface area contributed by atoms with Gasteiger partial charge in [-0.2, -0.15) is 0 Å². The lowest BCUT2D eigenvalue weighted by atomic mass is 10.0. The van der Waals surface area contributed by atoms with Crippen molar-refractivity contribution >= 4 is 8.32 Å². The fraction of sp³-hybridized carbons (Fsp3) is 0.619. The van der Waals surface area contributed by atoms with Crippen molar-refractivity contribution in [2.45, 2.75) is 65.0 Å². The zero-order valence-corrected chi connectivity index (χ0v) is 17.4. The lowest BCUT2D eigenvalue weighted by molar-refractivity contribution is 0.0652. The van der Waals surface area contributed by atoms with E-state index in [0.717, 1.165) is 24.6 Å². The van der Waals surface area contributed by atoms with E-state index < -0.39 is 8.32 Å². The Bertz CT molecular complexity index is 463. The minimum Gasteiger partial charge on any atom is -0.413 e. The molecule has 0 aliphatic heterocycles. The number of benzene rings is 1. The van der Waals surface area contributed by atoms with Gasteiger partial charge in [0, 0.05) is 6.61 Å². The molecule has 2 atom stereocenters. The molecule has 0 aromatic heterocycles. The maximum atomic E-state index is 9.06. The number of ether oxygens (including phenoxy) is 1. The minimum absolute atomic E-state index is 0.0828. The van der Waals surface area contributed by atoms with Gasteiger partial charge in [0.15, 0.2) is 8.32 Å². The predicted octanol–water partition coefficient (Wildman–Crippen LogP) is 5.17. The number of aliphatic hydroxyl groups is 1. The van der Waals surface area contributed by atoms with Crippen LogP contribution in [-0.4, -0.2) is 32.7 Å². The van der Waals surface area contributed by atoms with Gasteiger partial charge in [-0.3, -0.25) is 0 Å². The number of hydrogen-bond donors (Lipinski definition) is 1. The van der Waals surface area contributed by atoms with E-state index in [4.69, 9.17) is 14.3 Å². The lowest BCUT2D eigenvalue weighted by Gasteiger charge is -2.35. The first-order chi connectivity index (χ1) is 12.1. The van der Waals surface area contributed by atoms with Crippen molar-refractivity contribution in [3.8, 4) is 0 Å². The highest BCUT2D eigenvalue weighted by Gasteiger charge is 2.33. The van der Waals surface area contributed by atoms with E-state index in [0.29, 0.717) is 13.2 Å². The van der Waals surface area contributed by atoms with Gasteiger partial charge in [0.25, 0.3) is 0 Å². The first-order valence-corrected chi connectivity index (χ1v) is 12.2. The summed E-state index contributed by atoms with van der Waals surface area (Å²) in [5.41, 5.74) is 1.20. The maximum Gasteiger partial charge on any atom is 0.192 e. The van der Waals surface area contributed by atoms with Gasteiger partial charge < -0.3 is 14.3 Å². The van der Waals surface area contributed by atoms with Crippen molar-refractivity contribution in [1.29, 1.82) is 0 Å². The van der Waals surface area contributed by atoms with Crippen LogP contribution in [0, 0.1) is 5.92 Å². The first kappa shape index (κ1) is 22.1. The summed E-state index contributed by atoms with van der Waals surface area (Å²) in [6.45, 7) is 10.4. The zero-order valence-electron chi connectivity index (χ0n) is 16.4. The standard InChI is InChI=1S/C21H36O3Si/c1-5-25(6-2,7-3)24-21(19(4)12-11-16-22)15-17-23-18-20-13-9-8-10-14-20/h8-14,19,21-22H,5-7,15-18H2,1-4H3/b12-11+/t19-,21-/m1/s1. The molecule has 0 aliphatic rings. The van der Waals surface area contributed by atoms with Crippen LogP contribution >= 0.6 is 0 Å². The normalized spacial score (nSPS) is 14.8. The molecule has 4 heteroatoms. The first-order valence-electron chi connectivity index (χ1n) is 9.67. The van der Waals surface area contributed by atoms with Crippen molar-refractivity contribution in [3.05, 3.63) is 48.0 Å². The molecular weight excluding hydrogens is 328 g/mol. The molecule has 0 aliphatic carbocycles. The fourth-order valence-electron chi connectivity index (χ4n) is 3.11. The molecule has 1 aromatic rings. The van der Waals surface area contributed by atoms with E-state index in [1.54, 1.807) is 0 Å². The Kier molecular flexibility index (Phi) is 11.0. The monoisotopic (exact) mass is 364 g/mol. The third kappa shape index (κ3) is 7.86. The van der Waals surface area contributed by atoms with Crippen LogP contribution in [0.4, 0.5) is 0 Å². The van der Waals surface area contributed by atoms with Gasteiger partial charge in [-0.05, 0) is 36.0 Å². The fourth-order valence-corrected chi connectivity index (χ4v) is 6.09. The summed E-state index contributed by atoms with van der Waals surface area (Å²) < 4.78 is 12.6. The highest BCUT2D eigenvalue weighted by Crippen LogP contribution is 2.27. The van der Waals surface area contributed by atoms with Gasteiger partial charge >= 0.3 is 0 Å². The Hall–Kier alpha value is -0.943. The van der Waals surface area contributed by atoms with Crippen molar-refractivity contribution in [3.63, 3.8) is 0 Å². The van der Waals surface area contributed by atoms with E-state index in [1.807, 2.05) is 24.3 Å². The average molecular weight is 365 g/mol. The van der Waals surface area contributed by atoms with Crippen LogP contribution in [0.15, 0.2) is 42.5 Å². The third-order valence-corrected chi connectivity index (χ3v) is 9.79. The Morgan fingerprint density at radius 2 is 1.72 bits per heavy atom. The molecular formula is C21H36O3Si. The Balaban J connectivity index is 2.62. The summed E-state index contributed by atoms with van der Waals surface area (Å²) in [5.74, 6) is 0.281. The van der Waals surface area contributed by atoms with Gasteiger partial charge in [-0.15, -0.1) is 0 Å². The van der Waals surface area contributed by atoms with Crippen LogP contribution in [0.25, 0.3) is 0 Å². The molecule has 1 aromatic carbocycles. The van der Waals surface area contributed by atoms with Crippen molar-refractivity contribution < 1.29 is 14.3 Å². The molecule has 3 nitrogen and oxygen atoms in total. The molecule has 0 saturated carbocycles. The van der Waals surface area contributed by atoms with Crippen molar-refractivity contribution in [1.82, 2.24) is 0 Å². The van der Waals surface area contributed by atoms with Crippen LogP contribution in [0.5, 0.6) is 0 Å². The molecule has 25 heavy (non-hydrogen) atoms. The second-order valence-electron chi connectivity index (χ2n) is 6.70. The SMILES string of the molecule is CC[Si](CC)(CC)O[C@H](CCOCc1ccccc1)[C@H](C)/C=C/CO. The number of rotatable bonds is 13. The van der Waals surface area contributed by atoms with E-state index in [-0.39, 0.29) is 18.6 Å². The van der Waals surface area contributed by atoms with Crippen LogP contribution < -0.4 is 0 Å². The van der Waals surface area contributed by atoms with Crippen molar-refractivity contribution in [2.75, 3.05) is 13.2 Å². The average Bonchev–Trinajstić information content (AvgIpc) is 2.67. The van der Waals surface area contributed by atoms with Gasteiger partial charge in [-0.1, -0.05) is 70.2 Å². The van der Waals surface area contributed by atoms with Gasteiger partial charge in [0.1, 0.15) is 0 Å². The molecule has 0 amide bonds. The Labute approximate surface area is 155 Å². The third-order valence-electron chi connectivity index (χ3n) is 5.12. The van der Waals surface area contributed by atoms with Crippen LogP contribution in [0.1, 0.15) is 39.7 Å². The van der Waals surface area contributed by atoms with E-state index in [9.17, 15) is 0 Å². The summed E-state index contributed by atoms with van der Waals surface area (Å²) in [7, 11) is -1.66. The number of aliphatic hydroxyl groups excluding tert-OH is 1. The quantitative estimate of drug-likeness (QED) is 0.298. The van der Waals surface area contributed by atoms with Crippen molar-refractivity contribution in [2.24, 2.45) is 5.92 Å². The van der Waals surface area contributed by atoms with Gasteiger partial charge in [0.05, 0.1) is 19.3 Å². The van der Waals surface area contributed by atoms with Crippen LogP contribution in [0.3, 0.4) is 0 Å². The molecule has 0 fully saturated rings. The second-order valence-corrected chi connectivity index (χ2v) is 11.4. The predicted molar refractivity (Wildman–Crippen MR) is 108 cm³/mol. The summed E-state index contributed by atoms with van der Waals surface area (Å²) in [6.07, 6.45) is 4.93. The molecule has 0 unspecified atom stereocenters. The maximum absolute atomic E-state index is 9.06. The van der Waals surface area contributed by atoms with Crippen LogP contribution in [0.2, 0.25) is 18.1 Å². The van der Waals surface area contributed by atoms with E-state index in [2.05, 4.69) is 45.9 Å². The van der Waals surface area contributed by atoms with Gasteiger partial charge in [-0.25, -0.2) is 0 Å². The summed E-state index contributed by atoms with van der Waals surface area (Å²) >= 11 is 0. The summed E-state index contributed by atoms with van der Waals surface area (Å²) in [6, 6.07) is 13.7. The molecule has 0 saturated heterocycles. The molecule has 1 rings (SSSR count). The lowest BCUT2D eigenvalue weighted by Crippen LogP contribution is -2.42. The highest BCUT2D eigenvalue weighted by molar-refractivity contribution is 6.73. The molecule has 142 valence electrons. The molecule has 0 radical (unpaired) electrons. The summed E-state index contributed by atoms with van der Waals surface area (Å²) in [5, 5.41) is 9.06. The number of hydrogen-bond acceptors (Lipinski definition) is 3. The Morgan fingerprint density at radius 3 is 2.28 bits per heavy atom. The molecule has 0 spiro atoms. The largest absolute Gasteiger partial charge is 0.413 e. The zero-order chi connectivity index (χ0) is 18.5. The van der Waals surface area contributed by atoms with Gasteiger partial charge in [0.2, 0.25) is 0 Å². The Morgan fingerprint density at radius 1 is 1.08 bits per heavy atom. The highest BCUT2D eigenvalue weighted by atomic mass is 28.4.